The number of alkyl halides is 1. The number of benzene rings is 1. The number of carbonyl (C=O) groups is 1. The molecule has 4 fully saturated rings. The second kappa shape index (κ2) is 4.85. The maximum atomic E-state index is 13.0. The van der Waals surface area contributed by atoms with Crippen LogP contribution in [0.2, 0.25) is 0 Å². The first kappa shape index (κ1) is 14.3. The van der Waals surface area contributed by atoms with Gasteiger partial charge in [0.2, 0.25) is 5.91 Å². The molecule has 4 aliphatic carbocycles. The monoisotopic (exact) mass is 415 g/mol. The molecule has 4 aliphatic rings. The largest absolute Gasteiger partial charge is 0.325 e. The van der Waals surface area contributed by atoms with E-state index >= 15 is 0 Å². The molecule has 0 aromatic heterocycles. The molecule has 0 radical (unpaired) electrons. The third-order valence-corrected chi connectivity index (χ3v) is 6.98. The van der Waals surface area contributed by atoms with Crippen LogP contribution in [0.4, 0.5) is 5.69 Å². The molecule has 112 valence electrons. The maximum Gasteiger partial charge on any atom is 0.230 e. The normalized spacial score (nSPS) is 40.3. The molecule has 1 aromatic carbocycles. The Labute approximate surface area is 144 Å². The lowest BCUT2D eigenvalue weighted by Crippen LogP contribution is -2.57. The average molecular weight is 416 g/mol. The number of para-hydroxylation sites is 1. The minimum absolute atomic E-state index is 0.106. The molecule has 2 atom stereocenters. The van der Waals surface area contributed by atoms with Crippen molar-refractivity contribution < 1.29 is 4.79 Å². The summed E-state index contributed by atoms with van der Waals surface area (Å²) in [5.41, 5.74) is 0.715. The minimum atomic E-state index is -0.218. The number of halogens is 2. The van der Waals surface area contributed by atoms with E-state index in [0.29, 0.717) is 11.8 Å². The minimum Gasteiger partial charge on any atom is -0.325 e. The fraction of sp³-hybridized carbons (Fsp3) is 0.588. The molecule has 2 unspecified atom stereocenters. The van der Waals surface area contributed by atoms with E-state index in [-0.39, 0.29) is 16.2 Å². The molecule has 5 rings (SSSR count). The van der Waals surface area contributed by atoms with Crippen LogP contribution >= 0.6 is 34.2 Å². The molecular weight excluding hydrogens is 397 g/mol. The predicted molar refractivity (Wildman–Crippen MR) is 93.5 cm³/mol. The maximum absolute atomic E-state index is 13.0. The number of nitrogens with one attached hydrogen (secondary N) is 1. The van der Waals surface area contributed by atoms with Crippen LogP contribution < -0.4 is 5.32 Å². The number of hydrogen-bond donors (Lipinski definition) is 1. The van der Waals surface area contributed by atoms with Crippen molar-refractivity contribution in [2.24, 2.45) is 17.3 Å². The molecule has 4 saturated carbocycles. The van der Waals surface area contributed by atoms with Crippen LogP contribution in [0.15, 0.2) is 24.3 Å². The van der Waals surface area contributed by atoms with Crippen molar-refractivity contribution in [1.29, 1.82) is 0 Å². The summed E-state index contributed by atoms with van der Waals surface area (Å²) in [6.45, 7) is 0. The van der Waals surface area contributed by atoms with Crippen molar-refractivity contribution in [2.45, 2.75) is 43.4 Å². The van der Waals surface area contributed by atoms with Gasteiger partial charge in [-0.1, -0.05) is 12.1 Å². The number of hydrogen-bond acceptors (Lipinski definition) is 1. The Bertz CT molecular complexity index is 588. The lowest BCUT2D eigenvalue weighted by atomic mass is 9.49. The van der Waals surface area contributed by atoms with Crippen LogP contribution in [0.3, 0.4) is 0 Å². The van der Waals surface area contributed by atoms with E-state index in [4.69, 9.17) is 11.6 Å². The van der Waals surface area contributed by atoms with E-state index in [1.807, 2.05) is 24.3 Å². The molecule has 0 spiro atoms. The molecule has 0 aliphatic heterocycles. The van der Waals surface area contributed by atoms with E-state index in [2.05, 4.69) is 27.9 Å². The zero-order valence-corrected chi connectivity index (χ0v) is 14.8. The lowest BCUT2D eigenvalue weighted by Gasteiger charge is -2.59. The summed E-state index contributed by atoms with van der Waals surface area (Å²) in [7, 11) is 0. The van der Waals surface area contributed by atoms with E-state index in [1.54, 1.807) is 0 Å². The summed E-state index contributed by atoms with van der Waals surface area (Å²) in [6.07, 6.45) is 6.45. The number of carbonyl (C=O) groups excluding carboxylic acids is 1. The smallest absolute Gasteiger partial charge is 0.230 e. The van der Waals surface area contributed by atoms with Crippen molar-refractivity contribution in [3.8, 4) is 0 Å². The van der Waals surface area contributed by atoms with E-state index in [1.165, 1.54) is 6.42 Å². The van der Waals surface area contributed by atoms with Gasteiger partial charge in [0, 0.05) is 8.44 Å². The van der Waals surface area contributed by atoms with E-state index < -0.39 is 0 Å². The lowest BCUT2D eigenvalue weighted by molar-refractivity contribution is -0.138. The van der Waals surface area contributed by atoms with Gasteiger partial charge in [0.15, 0.2) is 0 Å². The van der Waals surface area contributed by atoms with Crippen LogP contribution in [0, 0.1) is 20.8 Å². The third kappa shape index (κ3) is 2.40. The van der Waals surface area contributed by atoms with Crippen LogP contribution in [0.1, 0.15) is 38.5 Å². The Balaban J connectivity index is 1.61. The summed E-state index contributed by atoms with van der Waals surface area (Å²) >= 11 is 9.09. The first-order valence-corrected chi connectivity index (χ1v) is 9.19. The number of anilines is 1. The predicted octanol–water partition coefficient (Wildman–Crippen LogP) is 4.81. The van der Waals surface area contributed by atoms with Crippen molar-refractivity contribution in [3.63, 3.8) is 0 Å². The molecule has 1 N–H and O–H groups in total. The molecule has 1 aromatic rings. The summed E-state index contributed by atoms with van der Waals surface area (Å²) in [5, 5.41) is 3.18. The van der Waals surface area contributed by atoms with Gasteiger partial charge < -0.3 is 5.32 Å². The van der Waals surface area contributed by atoms with Gasteiger partial charge in [0.1, 0.15) is 0 Å². The molecule has 2 nitrogen and oxygen atoms in total. The Morgan fingerprint density at radius 3 is 2.48 bits per heavy atom. The van der Waals surface area contributed by atoms with Crippen molar-refractivity contribution in [1.82, 2.24) is 0 Å². The van der Waals surface area contributed by atoms with Crippen molar-refractivity contribution >= 4 is 45.8 Å². The highest BCUT2D eigenvalue weighted by atomic mass is 127. The van der Waals surface area contributed by atoms with Crippen LogP contribution in [0.25, 0.3) is 0 Å². The Hall–Kier alpha value is -0.290. The van der Waals surface area contributed by atoms with Gasteiger partial charge in [0.25, 0.3) is 0 Å². The average Bonchev–Trinajstić information content (AvgIpc) is 2.38. The zero-order valence-electron chi connectivity index (χ0n) is 11.9. The molecule has 1 amide bonds. The molecule has 21 heavy (non-hydrogen) atoms. The summed E-state index contributed by atoms with van der Waals surface area (Å²) < 4.78 is 1.09. The fourth-order valence-corrected chi connectivity index (χ4v) is 6.45. The molecule has 4 heteroatoms. The second-order valence-electron chi connectivity index (χ2n) is 7.33. The van der Waals surface area contributed by atoms with Gasteiger partial charge >= 0.3 is 0 Å². The highest BCUT2D eigenvalue weighted by Gasteiger charge is 2.60. The zero-order chi connectivity index (χ0) is 14.7. The van der Waals surface area contributed by atoms with Crippen LogP contribution in [-0.4, -0.2) is 10.8 Å². The highest BCUT2D eigenvalue weighted by Crippen LogP contribution is 2.64. The number of rotatable bonds is 2. The molecule has 0 saturated heterocycles. The number of amides is 1. The SMILES string of the molecule is O=C(Nc1ccccc1I)C12CC3CC(CC(Cl)(C3)C1)C2. The van der Waals surface area contributed by atoms with Gasteiger partial charge in [0.05, 0.1) is 11.1 Å². The Kier molecular flexibility index (Phi) is 3.31. The van der Waals surface area contributed by atoms with Crippen molar-refractivity contribution in [3.05, 3.63) is 27.8 Å². The van der Waals surface area contributed by atoms with Gasteiger partial charge in [-0.15, -0.1) is 11.6 Å². The first-order chi connectivity index (χ1) is 9.98. The van der Waals surface area contributed by atoms with Crippen molar-refractivity contribution in [2.75, 3.05) is 5.32 Å². The quantitative estimate of drug-likeness (QED) is 0.545. The second-order valence-corrected chi connectivity index (χ2v) is 9.29. The van der Waals surface area contributed by atoms with E-state index in [9.17, 15) is 4.79 Å². The third-order valence-electron chi connectivity index (χ3n) is 5.59. The summed E-state index contributed by atoms with van der Waals surface area (Å²) in [5.74, 6) is 1.51. The molecular formula is C17H19ClINO. The van der Waals surface area contributed by atoms with Crippen LogP contribution in [-0.2, 0) is 4.79 Å². The van der Waals surface area contributed by atoms with Crippen LogP contribution in [0.5, 0.6) is 0 Å². The molecule has 4 bridgehead atoms. The van der Waals surface area contributed by atoms with Gasteiger partial charge in [-0.3, -0.25) is 4.79 Å². The fourth-order valence-electron chi connectivity index (χ4n) is 5.23. The topological polar surface area (TPSA) is 29.1 Å². The van der Waals surface area contributed by atoms with Gasteiger partial charge in [-0.05, 0) is 85.1 Å². The highest BCUT2D eigenvalue weighted by molar-refractivity contribution is 14.1. The first-order valence-electron chi connectivity index (χ1n) is 7.73. The standard InChI is InChI=1S/C17H19ClINO/c18-17-8-11-5-12(9-17)7-16(6-11,10-17)15(21)20-14-4-2-1-3-13(14)19/h1-4,11-12H,5-10H2,(H,20,21). The summed E-state index contributed by atoms with van der Waals surface area (Å²) in [6, 6.07) is 7.98. The molecule has 0 heterocycles. The van der Waals surface area contributed by atoms with E-state index in [0.717, 1.165) is 41.4 Å². The summed E-state index contributed by atoms with van der Waals surface area (Å²) in [4.78, 5) is 12.9. The van der Waals surface area contributed by atoms with Gasteiger partial charge in [-0.2, -0.15) is 0 Å². The van der Waals surface area contributed by atoms with Gasteiger partial charge in [-0.25, -0.2) is 0 Å². The Morgan fingerprint density at radius 2 is 1.86 bits per heavy atom. The Morgan fingerprint density at radius 1 is 1.19 bits per heavy atom.